The average molecular weight is 742 g/mol. The van der Waals surface area contributed by atoms with E-state index in [1.807, 2.05) is 0 Å². The Bertz CT molecular complexity index is 2100. The zero-order chi connectivity index (χ0) is 36.9. The van der Waals surface area contributed by atoms with Gasteiger partial charge in [-0.25, -0.2) is 14.8 Å². The van der Waals surface area contributed by atoms with E-state index < -0.39 is 56.1 Å². The molecular weight excluding hydrogens is 714 g/mol. The van der Waals surface area contributed by atoms with Gasteiger partial charge in [0.25, 0.3) is 21.9 Å². The van der Waals surface area contributed by atoms with E-state index in [0.29, 0.717) is 30.0 Å². The lowest BCUT2D eigenvalue weighted by Crippen LogP contribution is -2.36. The molecule has 266 valence electrons. The minimum absolute atomic E-state index is 0.0395. The molecule has 3 aromatic rings. The first kappa shape index (κ1) is 36.6. The molecule has 1 fully saturated rings. The number of carbonyl (C=O) groups is 4. The van der Waals surface area contributed by atoms with Crippen LogP contribution in [0, 0.1) is 0 Å². The quantitative estimate of drug-likeness (QED) is 0.0445. The lowest BCUT2D eigenvalue weighted by Gasteiger charge is -2.27. The Hall–Kier alpha value is -5.64. The molecule has 0 radical (unpaired) electrons. The van der Waals surface area contributed by atoms with Crippen LogP contribution in [-0.2, 0) is 33.9 Å². The second-order valence-corrected chi connectivity index (χ2v) is 12.9. The molecule has 0 spiro atoms. The van der Waals surface area contributed by atoms with Crippen molar-refractivity contribution in [1.82, 2.24) is 14.7 Å². The summed E-state index contributed by atoms with van der Waals surface area (Å²) in [5.41, 5.74) is -1.83. The van der Waals surface area contributed by atoms with Crippen molar-refractivity contribution in [1.29, 1.82) is 0 Å². The fourth-order valence-electron chi connectivity index (χ4n) is 5.09. The minimum Gasteiger partial charge on any atom is -0.493 e. The second-order valence-electron chi connectivity index (χ2n) is 10.8. The number of nitrogens with zero attached hydrogens (tertiary/aromatic N) is 5. The Balaban J connectivity index is 1.53. The van der Waals surface area contributed by atoms with E-state index in [9.17, 15) is 47.5 Å². The van der Waals surface area contributed by atoms with Gasteiger partial charge < -0.3 is 20.2 Å². The number of benzene rings is 2. The second kappa shape index (κ2) is 15.5. The van der Waals surface area contributed by atoms with Crippen LogP contribution in [0.5, 0.6) is 5.88 Å². The predicted molar refractivity (Wildman–Crippen MR) is 177 cm³/mol. The van der Waals surface area contributed by atoms with Gasteiger partial charge >= 0.3 is 11.9 Å². The number of aromatic nitrogens is 2. The molecule has 0 aliphatic carbocycles. The van der Waals surface area contributed by atoms with E-state index in [0.717, 1.165) is 53.2 Å². The van der Waals surface area contributed by atoms with Crippen LogP contribution in [0.25, 0.3) is 11.8 Å². The zero-order valence-electron chi connectivity index (χ0n) is 26.0. The van der Waals surface area contributed by atoms with Gasteiger partial charge in [-0.1, -0.05) is 5.04 Å². The van der Waals surface area contributed by atoms with Crippen LogP contribution >= 0.6 is 12.0 Å². The number of carboxylic acid groups (broad SMARTS) is 2. The van der Waals surface area contributed by atoms with Crippen LogP contribution in [-0.4, -0.2) is 90.8 Å². The number of carbonyl (C=O) groups excluding carboxylic acids is 2. The molecule has 2 aromatic carbocycles. The number of amides is 2. The van der Waals surface area contributed by atoms with Gasteiger partial charge in [0.15, 0.2) is 11.4 Å². The van der Waals surface area contributed by atoms with Crippen molar-refractivity contribution >= 4 is 63.4 Å². The summed E-state index contributed by atoms with van der Waals surface area (Å²) in [6.45, 7) is 0.810. The first-order valence-corrected chi connectivity index (χ1v) is 16.9. The van der Waals surface area contributed by atoms with E-state index in [2.05, 4.69) is 19.6 Å². The lowest BCUT2D eigenvalue weighted by atomic mass is 10.1. The number of aliphatic carboxylic acids is 1. The number of allylic oxidation sites excluding steroid dienone is 2. The number of aromatic hydroxyl groups is 1. The minimum atomic E-state index is -4.53. The lowest BCUT2D eigenvalue weighted by molar-refractivity contribution is -0.432. The van der Waals surface area contributed by atoms with E-state index >= 15 is 0 Å². The Kier molecular flexibility index (Phi) is 11.1. The summed E-state index contributed by atoms with van der Waals surface area (Å²) < 4.78 is 37.3. The summed E-state index contributed by atoms with van der Waals surface area (Å²) in [6, 6.07) is 10.2. The average Bonchev–Trinajstić information content (AvgIpc) is 3.63. The summed E-state index contributed by atoms with van der Waals surface area (Å²) in [4.78, 5) is 52.9. The molecule has 0 bridgehead atoms. The van der Waals surface area contributed by atoms with Gasteiger partial charge in [0.05, 0.1) is 39.4 Å². The maximum Gasteiger partial charge on any atom is 0.357 e. The molecule has 51 heavy (non-hydrogen) atoms. The van der Waals surface area contributed by atoms with Crippen LogP contribution in [0.2, 0.25) is 0 Å². The van der Waals surface area contributed by atoms with E-state index in [4.69, 9.17) is 5.26 Å². The largest absolute Gasteiger partial charge is 0.493 e. The number of rotatable bonds is 12. The van der Waals surface area contributed by atoms with Crippen LogP contribution in [0.1, 0.15) is 35.3 Å². The maximum absolute atomic E-state index is 13.7. The molecule has 20 heteroatoms. The van der Waals surface area contributed by atoms with Gasteiger partial charge in [-0.3, -0.25) is 14.1 Å². The van der Waals surface area contributed by atoms with E-state index in [1.165, 1.54) is 53.5 Å². The van der Waals surface area contributed by atoms with Crippen molar-refractivity contribution in [2.45, 2.75) is 29.1 Å². The summed E-state index contributed by atoms with van der Waals surface area (Å²) in [7, 11) is -4.53. The van der Waals surface area contributed by atoms with Gasteiger partial charge in [0, 0.05) is 23.6 Å². The number of anilines is 1. The number of likely N-dealkylation sites (tertiary alicyclic amines) is 1. The third-order valence-electron chi connectivity index (χ3n) is 7.55. The number of piperidine rings is 1. The maximum atomic E-state index is 13.7. The van der Waals surface area contributed by atoms with Crippen LogP contribution in [0.15, 0.2) is 92.8 Å². The number of aromatic carboxylic acids is 1. The van der Waals surface area contributed by atoms with Crippen molar-refractivity contribution < 1.29 is 62.1 Å². The highest BCUT2D eigenvalue weighted by Crippen LogP contribution is 2.30. The van der Waals surface area contributed by atoms with E-state index in [1.54, 1.807) is 0 Å². The van der Waals surface area contributed by atoms with E-state index in [-0.39, 0.29) is 28.1 Å². The smallest absolute Gasteiger partial charge is 0.357 e. The van der Waals surface area contributed by atoms with Crippen molar-refractivity contribution in [3.8, 4) is 11.6 Å². The summed E-state index contributed by atoms with van der Waals surface area (Å²) in [6.07, 6.45) is 6.92. The molecule has 5 rings (SSSR count). The molecule has 5 N–H and O–H groups in total. The Morgan fingerprint density at radius 2 is 1.57 bits per heavy atom. The fraction of sp³-hybridized carbons (Fsp3) is 0.161. The van der Waals surface area contributed by atoms with Gasteiger partial charge in [-0.2, -0.15) is 28.3 Å². The molecule has 1 saturated heterocycles. The van der Waals surface area contributed by atoms with Gasteiger partial charge in [0.1, 0.15) is 0 Å². The standard InChI is InChI=1S/C31H27N5O13S2/c37-27(34-16-2-1-3-17-34)18(4-14-23-25(30(40)41)32-35(28(23)38)19-6-10-21(11-7-19)50-49-48-44)5-15-24-26(31(42)43)33-36(29(24)39)20-8-12-22(13-9-20)51(45,46)47/h4-15,39,44H,1-3,16-17H2,(H,40,41)(H,42,43)(H,45,46,47)/b15-5+,18-4-,23-14+. The summed E-state index contributed by atoms with van der Waals surface area (Å²) >= 11 is 0.663. The molecule has 3 heterocycles. The van der Waals surface area contributed by atoms with Crippen LogP contribution in [0.3, 0.4) is 0 Å². The SMILES string of the molecule is O=C(O)C1=NN(c2ccc(SOOO)cc2)C(=O)/C1=C/C=C(/C=C/c1c(C(=O)O)nn(-c2ccc(S(=O)(=O)O)cc2)c1O)C(=O)N1CCCCC1. The Labute approximate surface area is 292 Å². The van der Waals surface area contributed by atoms with Crippen LogP contribution in [0.4, 0.5) is 5.69 Å². The molecule has 0 atom stereocenters. The van der Waals surface area contributed by atoms with Crippen LogP contribution < -0.4 is 5.01 Å². The molecule has 2 aliphatic rings. The molecule has 0 unspecified atom stereocenters. The molecule has 2 amide bonds. The highest BCUT2D eigenvalue weighted by atomic mass is 32.2. The molecule has 1 aromatic heterocycles. The summed E-state index contributed by atoms with van der Waals surface area (Å²) in [5.74, 6) is -5.12. The van der Waals surface area contributed by atoms with Gasteiger partial charge in [0.2, 0.25) is 5.88 Å². The van der Waals surface area contributed by atoms with Crippen molar-refractivity contribution in [2.75, 3.05) is 18.1 Å². The zero-order valence-corrected chi connectivity index (χ0v) is 27.7. The number of hydrazone groups is 1. The highest BCUT2D eigenvalue weighted by molar-refractivity contribution is 7.94. The normalized spacial score (nSPS) is 16.3. The molecule has 0 saturated carbocycles. The monoisotopic (exact) mass is 741 g/mol. The predicted octanol–water partition coefficient (Wildman–Crippen LogP) is 3.32. The topological polar surface area (TPSA) is 259 Å². The van der Waals surface area contributed by atoms with Crippen molar-refractivity contribution in [3.05, 3.63) is 89.2 Å². The number of hydrogen-bond donors (Lipinski definition) is 5. The first-order valence-electron chi connectivity index (χ1n) is 14.7. The van der Waals surface area contributed by atoms with Crippen molar-refractivity contribution in [3.63, 3.8) is 0 Å². The van der Waals surface area contributed by atoms with Crippen molar-refractivity contribution in [2.24, 2.45) is 5.10 Å². The third-order valence-corrected chi connectivity index (χ3v) is 9.01. The Morgan fingerprint density at radius 3 is 2.16 bits per heavy atom. The molecule has 18 nitrogen and oxygen atoms in total. The number of hydrogen-bond acceptors (Lipinski definition) is 13. The Morgan fingerprint density at radius 1 is 0.922 bits per heavy atom. The first-order chi connectivity index (χ1) is 24.3. The van der Waals surface area contributed by atoms with Gasteiger partial charge in [-0.05, 0) is 92.1 Å². The number of carboxylic acids is 2. The van der Waals surface area contributed by atoms with Gasteiger partial charge in [-0.15, -0.1) is 4.33 Å². The third kappa shape index (κ3) is 8.23. The fourth-order valence-corrected chi connectivity index (χ4v) is 5.93. The summed E-state index contributed by atoms with van der Waals surface area (Å²) in [5, 5.41) is 51.3. The molecule has 2 aliphatic heterocycles. The molecular formula is C31H27N5O13S2. The highest BCUT2D eigenvalue weighted by Gasteiger charge is 2.35.